The van der Waals surface area contributed by atoms with Crippen molar-refractivity contribution in [3.05, 3.63) is 0 Å². The Bertz CT molecular complexity index is 197. The maximum Gasteiger partial charge on any atom is 0.00993 e. The predicted molar refractivity (Wildman–Crippen MR) is 65.0 cm³/mol. The molecule has 15 heavy (non-hydrogen) atoms. The molecule has 0 aromatic rings. The van der Waals surface area contributed by atoms with Crippen molar-refractivity contribution in [1.29, 1.82) is 0 Å². The van der Waals surface area contributed by atoms with Crippen molar-refractivity contribution in [1.82, 2.24) is 10.6 Å². The number of hydrogen-bond acceptors (Lipinski definition) is 2. The van der Waals surface area contributed by atoms with E-state index in [2.05, 4.69) is 24.5 Å². The molecule has 0 radical (unpaired) electrons. The van der Waals surface area contributed by atoms with E-state index in [1.54, 1.807) is 0 Å². The highest BCUT2D eigenvalue weighted by Gasteiger charge is 2.37. The second-order valence-corrected chi connectivity index (χ2v) is 5.86. The maximum absolute atomic E-state index is 3.76. The van der Waals surface area contributed by atoms with Crippen LogP contribution in [-0.2, 0) is 0 Å². The van der Waals surface area contributed by atoms with Gasteiger partial charge in [0.05, 0.1) is 0 Å². The Morgan fingerprint density at radius 2 is 2.33 bits per heavy atom. The van der Waals surface area contributed by atoms with Crippen LogP contribution in [-0.4, -0.2) is 25.7 Å². The lowest BCUT2D eigenvalue weighted by molar-refractivity contribution is 0.225. The number of hydrogen-bond donors (Lipinski definition) is 2. The minimum absolute atomic E-state index is 0.512. The SMILES string of the molecule is CCCC1CC1NCC1(C)CCCNC1. The van der Waals surface area contributed by atoms with Gasteiger partial charge in [-0.05, 0) is 43.6 Å². The molecule has 3 unspecified atom stereocenters. The standard InChI is InChI=1S/C13H26N2/c1-3-5-11-8-12(11)15-10-13(2)6-4-7-14-9-13/h11-12,14-15H,3-10H2,1-2H3. The lowest BCUT2D eigenvalue weighted by Crippen LogP contribution is -2.45. The van der Waals surface area contributed by atoms with Gasteiger partial charge in [-0.25, -0.2) is 0 Å². The lowest BCUT2D eigenvalue weighted by Gasteiger charge is -2.34. The average molecular weight is 210 g/mol. The second kappa shape index (κ2) is 4.84. The van der Waals surface area contributed by atoms with Crippen molar-refractivity contribution in [3.8, 4) is 0 Å². The summed E-state index contributed by atoms with van der Waals surface area (Å²) in [6, 6.07) is 0.851. The van der Waals surface area contributed by atoms with Crippen molar-refractivity contribution in [2.45, 2.75) is 52.0 Å². The van der Waals surface area contributed by atoms with E-state index in [0.717, 1.165) is 12.0 Å². The summed E-state index contributed by atoms with van der Waals surface area (Å²) in [4.78, 5) is 0. The van der Waals surface area contributed by atoms with Gasteiger partial charge < -0.3 is 10.6 Å². The quantitative estimate of drug-likeness (QED) is 0.726. The van der Waals surface area contributed by atoms with E-state index in [9.17, 15) is 0 Å². The fraction of sp³-hybridized carbons (Fsp3) is 1.00. The van der Waals surface area contributed by atoms with Crippen molar-refractivity contribution < 1.29 is 0 Å². The molecule has 3 atom stereocenters. The molecule has 2 aliphatic rings. The van der Waals surface area contributed by atoms with Gasteiger partial charge in [-0.15, -0.1) is 0 Å². The van der Waals surface area contributed by atoms with Gasteiger partial charge in [0, 0.05) is 19.1 Å². The Kier molecular flexibility index (Phi) is 3.68. The number of rotatable bonds is 5. The number of piperidine rings is 1. The number of nitrogens with one attached hydrogen (secondary N) is 2. The van der Waals surface area contributed by atoms with E-state index in [0.29, 0.717) is 5.41 Å². The molecule has 0 bridgehead atoms. The molecule has 1 saturated carbocycles. The van der Waals surface area contributed by atoms with Gasteiger partial charge in [0.1, 0.15) is 0 Å². The first-order chi connectivity index (χ1) is 7.23. The van der Waals surface area contributed by atoms with Crippen molar-refractivity contribution in [3.63, 3.8) is 0 Å². The van der Waals surface area contributed by atoms with Gasteiger partial charge in [0.2, 0.25) is 0 Å². The van der Waals surface area contributed by atoms with Crippen LogP contribution in [0.25, 0.3) is 0 Å². The van der Waals surface area contributed by atoms with Crippen molar-refractivity contribution in [2.24, 2.45) is 11.3 Å². The van der Waals surface area contributed by atoms with E-state index in [1.807, 2.05) is 0 Å². The summed E-state index contributed by atoms with van der Waals surface area (Å²) in [5.41, 5.74) is 0.512. The molecule has 0 aromatic heterocycles. The Balaban J connectivity index is 1.65. The smallest absolute Gasteiger partial charge is 0.00993 e. The van der Waals surface area contributed by atoms with Crippen LogP contribution in [0.5, 0.6) is 0 Å². The summed E-state index contributed by atoms with van der Waals surface area (Å²) >= 11 is 0. The molecule has 0 amide bonds. The zero-order valence-electron chi connectivity index (χ0n) is 10.3. The molecular weight excluding hydrogens is 184 g/mol. The molecule has 2 N–H and O–H groups in total. The Labute approximate surface area is 94.2 Å². The van der Waals surface area contributed by atoms with Gasteiger partial charge in [0.15, 0.2) is 0 Å². The van der Waals surface area contributed by atoms with Crippen LogP contribution >= 0.6 is 0 Å². The highest BCUT2D eigenvalue weighted by Crippen LogP contribution is 2.35. The fourth-order valence-electron chi connectivity index (χ4n) is 2.83. The van der Waals surface area contributed by atoms with E-state index in [4.69, 9.17) is 0 Å². The molecule has 1 saturated heterocycles. The first-order valence-corrected chi connectivity index (χ1v) is 6.68. The molecule has 2 rings (SSSR count). The first kappa shape index (κ1) is 11.4. The summed E-state index contributed by atoms with van der Waals surface area (Å²) in [5.74, 6) is 0.996. The van der Waals surface area contributed by atoms with Crippen LogP contribution in [0.15, 0.2) is 0 Å². The molecule has 0 spiro atoms. The van der Waals surface area contributed by atoms with Crippen LogP contribution in [0, 0.1) is 11.3 Å². The van der Waals surface area contributed by atoms with Crippen LogP contribution < -0.4 is 10.6 Å². The zero-order valence-corrected chi connectivity index (χ0v) is 10.3. The zero-order chi connectivity index (χ0) is 10.7. The Morgan fingerprint density at radius 1 is 1.47 bits per heavy atom. The van der Waals surface area contributed by atoms with E-state index < -0.39 is 0 Å². The van der Waals surface area contributed by atoms with Gasteiger partial charge in [-0.2, -0.15) is 0 Å². The summed E-state index contributed by atoms with van der Waals surface area (Å²) in [7, 11) is 0. The molecule has 0 aromatic carbocycles. The van der Waals surface area contributed by atoms with E-state index in [-0.39, 0.29) is 0 Å². The molecule has 2 nitrogen and oxygen atoms in total. The minimum Gasteiger partial charge on any atom is -0.316 e. The highest BCUT2D eigenvalue weighted by atomic mass is 15.0. The van der Waals surface area contributed by atoms with Gasteiger partial charge in [-0.1, -0.05) is 20.3 Å². The maximum atomic E-state index is 3.76. The summed E-state index contributed by atoms with van der Waals surface area (Å²) in [6.45, 7) is 8.35. The largest absolute Gasteiger partial charge is 0.316 e. The van der Waals surface area contributed by atoms with Crippen LogP contribution in [0.1, 0.15) is 46.0 Å². The van der Waals surface area contributed by atoms with Gasteiger partial charge in [0.25, 0.3) is 0 Å². The average Bonchev–Trinajstić information content (AvgIpc) is 2.96. The molecular formula is C13H26N2. The van der Waals surface area contributed by atoms with Crippen LogP contribution in [0.3, 0.4) is 0 Å². The summed E-state index contributed by atoms with van der Waals surface area (Å²) < 4.78 is 0. The normalized spacial score (nSPS) is 40.4. The Hall–Kier alpha value is -0.0800. The highest BCUT2D eigenvalue weighted by molar-refractivity contribution is 4.95. The van der Waals surface area contributed by atoms with Gasteiger partial charge >= 0.3 is 0 Å². The fourth-order valence-corrected chi connectivity index (χ4v) is 2.83. The minimum atomic E-state index is 0.512. The molecule has 88 valence electrons. The lowest BCUT2D eigenvalue weighted by atomic mass is 9.83. The van der Waals surface area contributed by atoms with Crippen LogP contribution in [0.4, 0.5) is 0 Å². The summed E-state index contributed by atoms with van der Waals surface area (Å²) in [6.07, 6.45) is 6.94. The predicted octanol–water partition coefficient (Wildman–Crippen LogP) is 2.15. The third-order valence-electron chi connectivity index (χ3n) is 4.06. The topological polar surface area (TPSA) is 24.1 Å². The summed E-state index contributed by atoms with van der Waals surface area (Å²) in [5, 5.41) is 7.28. The molecule has 2 heteroatoms. The van der Waals surface area contributed by atoms with Gasteiger partial charge in [-0.3, -0.25) is 0 Å². The van der Waals surface area contributed by atoms with E-state index in [1.165, 1.54) is 51.7 Å². The van der Waals surface area contributed by atoms with Crippen LogP contribution in [0.2, 0.25) is 0 Å². The third kappa shape index (κ3) is 3.18. The molecule has 1 aliphatic heterocycles. The molecule has 1 aliphatic carbocycles. The molecule has 1 heterocycles. The van der Waals surface area contributed by atoms with Crippen molar-refractivity contribution in [2.75, 3.05) is 19.6 Å². The Morgan fingerprint density at radius 3 is 3.00 bits per heavy atom. The molecule has 2 fully saturated rings. The second-order valence-electron chi connectivity index (χ2n) is 5.86. The monoisotopic (exact) mass is 210 g/mol. The van der Waals surface area contributed by atoms with E-state index >= 15 is 0 Å². The van der Waals surface area contributed by atoms with Crippen molar-refractivity contribution >= 4 is 0 Å². The first-order valence-electron chi connectivity index (χ1n) is 6.68. The third-order valence-corrected chi connectivity index (χ3v) is 4.06.